The van der Waals surface area contributed by atoms with E-state index in [9.17, 15) is 0 Å². The van der Waals surface area contributed by atoms with Gasteiger partial charge in [-0.3, -0.25) is 0 Å². The zero-order chi connectivity index (χ0) is 14.9. The molecule has 0 saturated carbocycles. The molecule has 3 heterocycles. The molecule has 3 nitrogen and oxygen atoms in total. The molecule has 2 aliphatic rings. The maximum Gasteiger partial charge on any atom is 0.0863 e. The average Bonchev–Trinajstić information content (AvgIpc) is 3.15. The van der Waals surface area contributed by atoms with Crippen molar-refractivity contribution < 1.29 is 4.74 Å². The van der Waals surface area contributed by atoms with Crippen molar-refractivity contribution in [3.05, 3.63) is 47.7 Å². The number of hydrogen-bond donors (Lipinski definition) is 1. The van der Waals surface area contributed by atoms with Gasteiger partial charge in [-0.2, -0.15) is 0 Å². The number of likely N-dealkylation sites (tertiary alicyclic amines) is 1. The van der Waals surface area contributed by atoms with E-state index in [2.05, 4.69) is 53.5 Å². The number of fused-ring (bicyclic) bond motifs is 1. The van der Waals surface area contributed by atoms with Gasteiger partial charge in [0.1, 0.15) is 0 Å². The molecule has 2 aliphatic heterocycles. The summed E-state index contributed by atoms with van der Waals surface area (Å²) in [6, 6.07) is 7.43. The lowest BCUT2D eigenvalue weighted by Crippen LogP contribution is -2.26. The molecule has 0 amide bonds. The highest BCUT2D eigenvalue weighted by Crippen LogP contribution is 2.30. The van der Waals surface area contributed by atoms with Crippen LogP contribution < -0.4 is 0 Å². The van der Waals surface area contributed by atoms with Crippen LogP contribution >= 0.6 is 0 Å². The molecule has 22 heavy (non-hydrogen) atoms. The van der Waals surface area contributed by atoms with Gasteiger partial charge in [0.15, 0.2) is 0 Å². The van der Waals surface area contributed by atoms with Crippen LogP contribution in [0.2, 0.25) is 0 Å². The third-order valence-corrected chi connectivity index (χ3v) is 5.20. The van der Waals surface area contributed by atoms with Crippen molar-refractivity contribution in [3.63, 3.8) is 0 Å². The summed E-state index contributed by atoms with van der Waals surface area (Å²) in [6.45, 7) is 1.97. The first-order valence-electron chi connectivity index (χ1n) is 8.38. The van der Waals surface area contributed by atoms with Crippen molar-refractivity contribution in [2.75, 3.05) is 20.2 Å². The predicted octanol–water partition coefficient (Wildman–Crippen LogP) is 3.82. The maximum atomic E-state index is 5.87. The van der Waals surface area contributed by atoms with Crippen LogP contribution in [0.3, 0.4) is 0 Å². The van der Waals surface area contributed by atoms with E-state index in [0.717, 1.165) is 19.4 Å². The van der Waals surface area contributed by atoms with Gasteiger partial charge in [0, 0.05) is 23.1 Å². The minimum atomic E-state index is 0.214. The van der Waals surface area contributed by atoms with Crippen LogP contribution in [0.5, 0.6) is 0 Å². The molecule has 0 spiro atoms. The summed E-state index contributed by atoms with van der Waals surface area (Å²) in [5, 5.41) is 1.37. The number of nitrogens with zero attached hydrogens (tertiary/aromatic N) is 1. The van der Waals surface area contributed by atoms with Gasteiger partial charge in [0.25, 0.3) is 0 Å². The average molecular weight is 296 g/mol. The van der Waals surface area contributed by atoms with Crippen molar-refractivity contribution >= 4 is 10.9 Å². The Morgan fingerprint density at radius 1 is 1.32 bits per heavy atom. The topological polar surface area (TPSA) is 28.3 Å². The zero-order valence-corrected chi connectivity index (χ0v) is 13.2. The third-order valence-electron chi connectivity index (χ3n) is 5.20. The number of benzene rings is 1. The highest BCUT2D eigenvalue weighted by atomic mass is 16.5. The van der Waals surface area contributed by atoms with Gasteiger partial charge >= 0.3 is 0 Å². The first kappa shape index (κ1) is 14.0. The van der Waals surface area contributed by atoms with Gasteiger partial charge in [0.2, 0.25) is 0 Å². The standard InChI is InChI=1S/C19H24N2O/c1-21-9-4-5-16(21)11-15-13-20-18-8-7-14(12-17(15)18)19-6-2-3-10-22-19/h2-3,7-8,12-13,16,19-20H,4-6,9-11H2,1H3/t16?,19-/m0/s1. The number of aromatic nitrogens is 1. The highest BCUT2D eigenvalue weighted by molar-refractivity contribution is 5.84. The number of nitrogens with one attached hydrogen (secondary N) is 1. The van der Waals surface area contributed by atoms with Crippen LogP contribution in [-0.2, 0) is 11.2 Å². The summed E-state index contributed by atoms with van der Waals surface area (Å²) in [7, 11) is 2.25. The van der Waals surface area contributed by atoms with Crippen molar-refractivity contribution in [1.29, 1.82) is 0 Å². The Morgan fingerprint density at radius 2 is 2.27 bits per heavy atom. The monoisotopic (exact) mass is 296 g/mol. The second-order valence-corrected chi connectivity index (χ2v) is 6.63. The van der Waals surface area contributed by atoms with E-state index >= 15 is 0 Å². The minimum absolute atomic E-state index is 0.214. The number of H-pyrrole nitrogens is 1. The van der Waals surface area contributed by atoms with E-state index in [1.165, 1.54) is 41.4 Å². The molecule has 116 valence electrons. The smallest absolute Gasteiger partial charge is 0.0863 e. The lowest BCUT2D eigenvalue weighted by Gasteiger charge is -2.20. The molecule has 4 rings (SSSR count). The molecule has 0 bridgehead atoms. The van der Waals surface area contributed by atoms with Crippen molar-refractivity contribution in [2.24, 2.45) is 0 Å². The summed E-state index contributed by atoms with van der Waals surface area (Å²) in [5.74, 6) is 0. The van der Waals surface area contributed by atoms with Gasteiger partial charge in [-0.1, -0.05) is 18.2 Å². The van der Waals surface area contributed by atoms with Gasteiger partial charge in [-0.15, -0.1) is 0 Å². The number of aromatic amines is 1. The Bertz CT molecular complexity index is 688. The molecule has 1 N–H and O–H groups in total. The van der Waals surface area contributed by atoms with Gasteiger partial charge in [-0.05, 0) is 62.5 Å². The molecule has 2 atom stereocenters. The Balaban J connectivity index is 1.63. The largest absolute Gasteiger partial charge is 0.369 e. The molecule has 1 aromatic heterocycles. The minimum Gasteiger partial charge on any atom is -0.369 e. The van der Waals surface area contributed by atoms with E-state index in [0.29, 0.717) is 6.04 Å². The second kappa shape index (κ2) is 5.90. The Kier molecular flexibility index (Phi) is 3.77. The van der Waals surface area contributed by atoms with E-state index in [-0.39, 0.29) is 6.10 Å². The molecule has 0 aliphatic carbocycles. The van der Waals surface area contributed by atoms with E-state index in [1.807, 2.05) is 0 Å². The summed E-state index contributed by atoms with van der Waals surface area (Å²) < 4.78 is 5.87. The lowest BCUT2D eigenvalue weighted by molar-refractivity contribution is 0.0678. The van der Waals surface area contributed by atoms with E-state index in [1.54, 1.807) is 0 Å². The first-order chi connectivity index (χ1) is 10.8. The second-order valence-electron chi connectivity index (χ2n) is 6.63. The van der Waals surface area contributed by atoms with Crippen LogP contribution in [-0.4, -0.2) is 36.1 Å². The highest BCUT2D eigenvalue weighted by Gasteiger charge is 2.22. The van der Waals surface area contributed by atoms with Crippen LogP contribution in [0.15, 0.2) is 36.5 Å². The molecule has 3 heteroatoms. The van der Waals surface area contributed by atoms with Gasteiger partial charge < -0.3 is 14.6 Å². The van der Waals surface area contributed by atoms with E-state index in [4.69, 9.17) is 4.74 Å². The predicted molar refractivity (Wildman–Crippen MR) is 90.1 cm³/mol. The SMILES string of the molecule is CN1CCCC1Cc1c[nH]c2ccc([C@@H]3CC=CCO3)cc12. The fourth-order valence-electron chi connectivity index (χ4n) is 3.82. The quantitative estimate of drug-likeness (QED) is 0.872. The summed E-state index contributed by atoms with van der Waals surface area (Å²) in [5.41, 5.74) is 3.99. The van der Waals surface area contributed by atoms with Gasteiger partial charge in [0.05, 0.1) is 12.7 Å². The Labute approximate surface area is 132 Å². The Hall–Kier alpha value is -1.58. The summed E-state index contributed by atoms with van der Waals surface area (Å²) in [6.07, 6.45) is 11.5. The van der Waals surface area contributed by atoms with Gasteiger partial charge in [-0.25, -0.2) is 0 Å². The van der Waals surface area contributed by atoms with Crippen LogP contribution in [0.25, 0.3) is 10.9 Å². The van der Waals surface area contributed by atoms with Crippen molar-refractivity contribution in [1.82, 2.24) is 9.88 Å². The van der Waals surface area contributed by atoms with E-state index < -0.39 is 0 Å². The number of hydrogen-bond acceptors (Lipinski definition) is 2. The molecule has 1 fully saturated rings. The molecule has 1 saturated heterocycles. The molecule has 0 radical (unpaired) electrons. The zero-order valence-electron chi connectivity index (χ0n) is 13.2. The van der Waals surface area contributed by atoms with Crippen molar-refractivity contribution in [3.8, 4) is 0 Å². The third kappa shape index (κ3) is 2.59. The fourth-order valence-corrected chi connectivity index (χ4v) is 3.82. The summed E-state index contributed by atoms with van der Waals surface area (Å²) in [4.78, 5) is 5.93. The first-order valence-corrected chi connectivity index (χ1v) is 8.38. The number of ether oxygens (including phenoxy) is 1. The Morgan fingerprint density at radius 3 is 3.05 bits per heavy atom. The molecule has 2 aromatic rings. The normalized spacial score (nSPS) is 26.0. The van der Waals surface area contributed by atoms with Crippen LogP contribution in [0, 0.1) is 0 Å². The molecule has 1 aromatic carbocycles. The van der Waals surface area contributed by atoms with Crippen LogP contribution in [0.4, 0.5) is 0 Å². The number of likely N-dealkylation sites (N-methyl/N-ethyl adjacent to an activating group) is 1. The summed E-state index contributed by atoms with van der Waals surface area (Å²) >= 11 is 0. The number of rotatable bonds is 3. The molecule has 1 unspecified atom stereocenters. The maximum absolute atomic E-state index is 5.87. The molecular formula is C19H24N2O. The lowest BCUT2D eigenvalue weighted by atomic mass is 9.99. The molecular weight excluding hydrogens is 272 g/mol. The van der Waals surface area contributed by atoms with Crippen molar-refractivity contribution in [2.45, 2.75) is 37.8 Å². The van der Waals surface area contributed by atoms with Crippen LogP contribution in [0.1, 0.15) is 36.5 Å². The fraction of sp³-hybridized carbons (Fsp3) is 0.474.